The van der Waals surface area contributed by atoms with E-state index in [4.69, 9.17) is 30.2 Å². The van der Waals surface area contributed by atoms with Gasteiger partial charge in [-0.2, -0.15) is 0 Å². The standard InChI is InChI=1S/C24H21ClO7/c1-14-9-21-17(12-18(14)25)16(11-24(28)32-21)13-31-23(27)6-4-19(26)15-3-5-20-22(10-15)30-8-2-7-29-20/h3,5,9-12H,2,4,6-8,13H2,1H3. The summed E-state index contributed by atoms with van der Waals surface area (Å²) in [5.41, 5.74) is 1.52. The molecule has 0 N–H and O–H groups in total. The maximum atomic E-state index is 12.5. The molecule has 0 unspecified atom stereocenters. The molecule has 3 aromatic rings. The highest BCUT2D eigenvalue weighted by Crippen LogP contribution is 2.31. The van der Waals surface area contributed by atoms with Crippen LogP contribution in [0.15, 0.2) is 45.6 Å². The van der Waals surface area contributed by atoms with Crippen molar-refractivity contribution >= 4 is 34.3 Å². The average molecular weight is 457 g/mol. The molecule has 0 fully saturated rings. The third kappa shape index (κ3) is 4.94. The average Bonchev–Trinajstić information content (AvgIpc) is 3.02. The summed E-state index contributed by atoms with van der Waals surface area (Å²) in [5, 5.41) is 1.11. The molecule has 4 rings (SSSR count). The number of ether oxygens (including phenoxy) is 3. The lowest BCUT2D eigenvalue weighted by molar-refractivity contribution is -0.144. The Labute approximate surface area is 188 Å². The highest BCUT2D eigenvalue weighted by atomic mass is 35.5. The molecular weight excluding hydrogens is 436 g/mol. The van der Waals surface area contributed by atoms with E-state index < -0.39 is 11.6 Å². The number of carbonyl (C=O) groups excluding carboxylic acids is 2. The number of esters is 1. The number of hydrogen-bond acceptors (Lipinski definition) is 7. The summed E-state index contributed by atoms with van der Waals surface area (Å²) in [6.07, 6.45) is 0.669. The van der Waals surface area contributed by atoms with Crippen LogP contribution in [-0.4, -0.2) is 25.0 Å². The fourth-order valence-electron chi connectivity index (χ4n) is 3.39. The summed E-state index contributed by atoms with van der Waals surface area (Å²) in [5.74, 6) is 0.380. The molecule has 1 aromatic heterocycles. The smallest absolute Gasteiger partial charge is 0.336 e. The second-order valence-corrected chi connectivity index (χ2v) is 7.89. The van der Waals surface area contributed by atoms with Gasteiger partial charge in [0.1, 0.15) is 12.2 Å². The van der Waals surface area contributed by atoms with Gasteiger partial charge in [-0.3, -0.25) is 9.59 Å². The summed E-state index contributed by atoms with van der Waals surface area (Å²) in [7, 11) is 0. The summed E-state index contributed by atoms with van der Waals surface area (Å²) in [6, 6.07) is 9.59. The summed E-state index contributed by atoms with van der Waals surface area (Å²) in [6.45, 7) is 2.76. The zero-order valence-corrected chi connectivity index (χ0v) is 18.2. The van der Waals surface area contributed by atoms with Gasteiger partial charge in [0, 0.05) is 40.4 Å². The van der Waals surface area contributed by atoms with E-state index in [1.54, 1.807) is 37.3 Å². The molecule has 1 aliphatic rings. The van der Waals surface area contributed by atoms with E-state index in [0.29, 0.717) is 51.8 Å². The molecule has 0 saturated heterocycles. The molecule has 7 nitrogen and oxygen atoms in total. The van der Waals surface area contributed by atoms with Crippen molar-refractivity contribution in [3.8, 4) is 11.5 Å². The predicted octanol–water partition coefficient (Wildman–Crippen LogP) is 4.62. The third-order valence-corrected chi connectivity index (χ3v) is 5.53. The lowest BCUT2D eigenvalue weighted by atomic mass is 10.1. The van der Waals surface area contributed by atoms with Crippen molar-refractivity contribution in [1.82, 2.24) is 0 Å². The van der Waals surface area contributed by atoms with Crippen LogP contribution < -0.4 is 15.1 Å². The molecule has 0 spiro atoms. The van der Waals surface area contributed by atoms with Crippen molar-refractivity contribution in [2.45, 2.75) is 32.8 Å². The van der Waals surface area contributed by atoms with Gasteiger partial charge >= 0.3 is 11.6 Å². The maximum Gasteiger partial charge on any atom is 0.336 e. The predicted molar refractivity (Wildman–Crippen MR) is 118 cm³/mol. The molecule has 0 radical (unpaired) electrons. The van der Waals surface area contributed by atoms with Crippen molar-refractivity contribution in [2.24, 2.45) is 0 Å². The van der Waals surface area contributed by atoms with Crippen LogP contribution in [0.5, 0.6) is 11.5 Å². The van der Waals surface area contributed by atoms with Crippen LogP contribution in [0.3, 0.4) is 0 Å². The number of ketones is 1. The monoisotopic (exact) mass is 456 g/mol. The maximum absolute atomic E-state index is 12.5. The van der Waals surface area contributed by atoms with Gasteiger partial charge in [0.05, 0.1) is 19.6 Å². The Hall–Kier alpha value is -3.32. The second-order valence-electron chi connectivity index (χ2n) is 7.48. The topological polar surface area (TPSA) is 92.0 Å². The molecule has 0 aliphatic carbocycles. The Morgan fingerprint density at radius 2 is 1.81 bits per heavy atom. The molecule has 0 atom stereocenters. The van der Waals surface area contributed by atoms with Crippen LogP contribution in [-0.2, 0) is 16.1 Å². The van der Waals surface area contributed by atoms with Crippen molar-refractivity contribution in [3.63, 3.8) is 0 Å². The molecule has 0 amide bonds. The Bertz CT molecular complexity index is 1250. The molecule has 0 bridgehead atoms. The van der Waals surface area contributed by atoms with Gasteiger partial charge in [-0.25, -0.2) is 4.79 Å². The number of Topliss-reactive ketones (excluding diaryl/α,β-unsaturated/α-hetero) is 1. The first-order valence-electron chi connectivity index (χ1n) is 10.2. The molecular formula is C24H21ClO7. The highest BCUT2D eigenvalue weighted by molar-refractivity contribution is 6.32. The number of benzene rings is 2. The van der Waals surface area contributed by atoms with Gasteiger partial charge in [-0.1, -0.05) is 11.6 Å². The van der Waals surface area contributed by atoms with Gasteiger partial charge < -0.3 is 18.6 Å². The highest BCUT2D eigenvalue weighted by Gasteiger charge is 2.16. The molecule has 1 aliphatic heterocycles. The third-order valence-electron chi connectivity index (χ3n) is 5.12. The molecule has 32 heavy (non-hydrogen) atoms. The largest absolute Gasteiger partial charge is 0.490 e. The summed E-state index contributed by atoms with van der Waals surface area (Å²) in [4.78, 5) is 36.6. The number of halogens is 1. The van der Waals surface area contributed by atoms with E-state index in [1.165, 1.54) is 6.07 Å². The van der Waals surface area contributed by atoms with Gasteiger partial charge in [-0.05, 0) is 42.8 Å². The summed E-state index contributed by atoms with van der Waals surface area (Å²) >= 11 is 6.18. The van der Waals surface area contributed by atoms with Crippen molar-refractivity contribution in [1.29, 1.82) is 0 Å². The van der Waals surface area contributed by atoms with Crippen molar-refractivity contribution in [3.05, 3.63) is 68.5 Å². The Morgan fingerprint density at radius 3 is 2.62 bits per heavy atom. The van der Waals surface area contributed by atoms with Crippen LogP contribution in [0.2, 0.25) is 5.02 Å². The fraction of sp³-hybridized carbons (Fsp3) is 0.292. The van der Waals surface area contributed by atoms with E-state index in [-0.39, 0.29) is 25.2 Å². The van der Waals surface area contributed by atoms with Crippen LogP contribution >= 0.6 is 11.6 Å². The summed E-state index contributed by atoms with van der Waals surface area (Å²) < 4.78 is 21.7. The minimum atomic E-state index is -0.549. The van der Waals surface area contributed by atoms with E-state index in [2.05, 4.69) is 0 Å². The first-order valence-corrected chi connectivity index (χ1v) is 10.6. The van der Waals surface area contributed by atoms with E-state index >= 15 is 0 Å². The minimum Gasteiger partial charge on any atom is -0.490 e. The first kappa shape index (κ1) is 21.9. The Morgan fingerprint density at radius 1 is 1.03 bits per heavy atom. The van der Waals surface area contributed by atoms with Gasteiger partial charge in [0.25, 0.3) is 0 Å². The molecule has 8 heteroatoms. The molecule has 0 saturated carbocycles. The number of hydrogen-bond donors (Lipinski definition) is 0. The van der Waals surface area contributed by atoms with E-state index in [1.807, 2.05) is 0 Å². The fourth-order valence-corrected chi connectivity index (χ4v) is 3.56. The van der Waals surface area contributed by atoms with Crippen LogP contribution in [0, 0.1) is 6.92 Å². The zero-order chi connectivity index (χ0) is 22.7. The normalized spacial score (nSPS) is 12.9. The molecule has 2 heterocycles. The van der Waals surface area contributed by atoms with Gasteiger partial charge in [0.15, 0.2) is 17.3 Å². The van der Waals surface area contributed by atoms with Crippen LogP contribution in [0.4, 0.5) is 0 Å². The minimum absolute atomic E-state index is 0.0127. The molecule has 2 aromatic carbocycles. The Kier molecular flexibility index (Phi) is 6.46. The number of fused-ring (bicyclic) bond motifs is 2. The lowest BCUT2D eigenvalue weighted by Gasteiger charge is -2.10. The van der Waals surface area contributed by atoms with Gasteiger partial charge in [0.2, 0.25) is 0 Å². The van der Waals surface area contributed by atoms with E-state index in [0.717, 1.165) is 12.0 Å². The SMILES string of the molecule is Cc1cc2oc(=O)cc(COC(=O)CCC(=O)c3ccc4c(c3)OCCCO4)c2cc1Cl. The van der Waals surface area contributed by atoms with E-state index in [9.17, 15) is 14.4 Å². The van der Waals surface area contributed by atoms with Crippen molar-refractivity contribution < 1.29 is 28.2 Å². The Balaban J connectivity index is 1.38. The second kappa shape index (κ2) is 9.44. The van der Waals surface area contributed by atoms with Crippen LogP contribution in [0.1, 0.15) is 40.7 Å². The van der Waals surface area contributed by atoms with Crippen LogP contribution in [0.25, 0.3) is 11.0 Å². The quantitative estimate of drug-likeness (QED) is 0.303. The zero-order valence-electron chi connectivity index (χ0n) is 17.4. The number of rotatable bonds is 6. The first-order chi connectivity index (χ1) is 15.4. The number of aryl methyl sites for hydroxylation is 1. The molecule has 166 valence electrons. The lowest BCUT2D eigenvalue weighted by Crippen LogP contribution is -2.10. The number of carbonyl (C=O) groups is 2. The van der Waals surface area contributed by atoms with Crippen molar-refractivity contribution in [2.75, 3.05) is 13.2 Å². The van der Waals surface area contributed by atoms with Gasteiger partial charge in [-0.15, -0.1) is 0 Å².